The third-order valence-electron chi connectivity index (χ3n) is 2.85. The van der Waals surface area contributed by atoms with Gasteiger partial charge in [-0.3, -0.25) is 15.0 Å². The molecule has 1 fully saturated rings. The molecule has 5 heteroatoms. The minimum Gasteiger partial charge on any atom is -0.338 e. The van der Waals surface area contributed by atoms with Gasteiger partial charge in [-0.25, -0.2) is 4.79 Å². The molecule has 98 valence electrons. The molecule has 0 unspecified atom stereocenters. The molecule has 0 spiro atoms. The summed E-state index contributed by atoms with van der Waals surface area (Å²) >= 11 is 0. The van der Waals surface area contributed by atoms with Crippen molar-refractivity contribution in [1.82, 2.24) is 15.5 Å². The van der Waals surface area contributed by atoms with E-state index in [9.17, 15) is 9.59 Å². The van der Waals surface area contributed by atoms with Crippen molar-refractivity contribution >= 4 is 11.9 Å². The lowest BCUT2D eigenvalue weighted by molar-refractivity contribution is -0.121. The van der Waals surface area contributed by atoms with E-state index in [2.05, 4.69) is 15.5 Å². The van der Waals surface area contributed by atoms with Crippen LogP contribution in [-0.2, 0) is 4.79 Å². The van der Waals surface area contributed by atoms with Gasteiger partial charge in [-0.2, -0.15) is 0 Å². The summed E-state index contributed by atoms with van der Waals surface area (Å²) in [6.07, 6.45) is 5.66. The van der Waals surface area contributed by atoms with E-state index in [0.717, 1.165) is 32.4 Å². The summed E-state index contributed by atoms with van der Waals surface area (Å²) in [7, 11) is 0. The third kappa shape index (κ3) is 6.26. The molecule has 1 saturated heterocycles. The predicted molar refractivity (Wildman–Crippen MR) is 66.7 cm³/mol. The van der Waals surface area contributed by atoms with Crippen LogP contribution in [0.4, 0.5) is 4.79 Å². The molecule has 0 aromatic rings. The van der Waals surface area contributed by atoms with Crippen LogP contribution >= 0.6 is 0 Å². The van der Waals surface area contributed by atoms with Crippen LogP contribution in [0.5, 0.6) is 0 Å². The highest BCUT2D eigenvalue weighted by Crippen LogP contribution is 2.08. The summed E-state index contributed by atoms with van der Waals surface area (Å²) in [6.45, 7) is 4.83. The minimum absolute atomic E-state index is 0.208. The second-order valence-electron chi connectivity index (χ2n) is 4.49. The molecule has 0 bridgehead atoms. The third-order valence-corrected chi connectivity index (χ3v) is 2.85. The Morgan fingerprint density at radius 2 is 1.76 bits per heavy atom. The number of rotatable bonds is 4. The summed E-state index contributed by atoms with van der Waals surface area (Å²) in [4.78, 5) is 25.0. The lowest BCUT2D eigenvalue weighted by atomic mass is 10.2. The first-order valence-corrected chi connectivity index (χ1v) is 6.52. The van der Waals surface area contributed by atoms with Crippen LogP contribution in [0.2, 0.25) is 0 Å². The molecular weight excluding hydrogens is 218 g/mol. The van der Waals surface area contributed by atoms with Crippen LogP contribution in [0.25, 0.3) is 0 Å². The first kappa shape index (κ1) is 14.0. The maximum Gasteiger partial charge on any atom is 0.321 e. The Balaban J connectivity index is 2.20. The molecule has 0 aliphatic carbocycles. The van der Waals surface area contributed by atoms with Crippen molar-refractivity contribution in [3.8, 4) is 0 Å². The van der Waals surface area contributed by atoms with Gasteiger partial charge in [0.15, 0.2) is 0 Å². The molecule has 5 nitrogen and oxygen atoms in total. The number of nitrogens with one attached hydrogen (secondary N) is 2. The van der Waals surface area contributed by atoms with E-state index in [4.69, 9.17) is 0 Å². The zero-order chi connectivity index (χ0) is 12.5. The Bertz CT molecular complexity index is 248. The van der Waals surface area contributed by atoms with Gasteiger partial charge in [-0.1, -0.05) is 19.8 Å². The number of hydrogen-bond acceptors (Lipinski definition) is 3. The Hall–Kier alpha value is -1.10. The molecule has 0 aromatic carbocycles. The molecule has 3 amide bonds. The van der Waals surface area contributed by atoms with E-state index in [1.807, 2.05) is 6.92 Å². The number of imide groups is 1. The maximum absolute atomic E-state index is 11.6. The molecule has 1 aliphatic rings. The lowest BCUT2D eigenvalue weighted by Crippen LogP contribution is -2.44. The Morgan fingerprint density at radius 3 is 2.35 bits per heavy atom. The van der Waals surface area contributed by atoms with Gasteiger partial charge in [0.1, 0.15) is 0 Å². The monoisotopic (exact) mass is 241 g/mol. The molecule has 1 rings (SSSR count). The van der Waals surface area contributed by atoms with E-state index in [1.165, 1.54) is 12.8 Å². The largest absolute Gasteiger partial charge is 0.338 e. The van der Waals surface area contributed by atoms with Crippen LogP contribution in [-0.4, -0.2) is 43.0 Å². The molecular formula is C12H23N3O2. The first-order chi connectivity index (χ1) is 8.22. The van der Waals surface area contributed by atoms with Crippen molar-refractivity contribution in [3.63, 3.8) is 0 Å². The van der Waals surface area contributed by atoms with Crippen molar-refractivity contribution in [1.29, 1.82) is 0 Å². The van der Waals surface area contributed by atoms with Gasteiger partial charge in [-0.15, -0.1) is 0 Å². The summed E-state index contributed by atoms with van der Waals surface area (Å²) in [5, 5.41) is 4.98. The smallest absolute Gasteiger partial charge is 0.321 e. The maximum atomic E-state index is 11.6. The van der Waals surface area contributed by atoms with Gasteiger partial charge in [0.05, 0.1) is 6.54 Å². The predicted octanol–water partition coefficient (Wildman–Crippen LogP) is 1.10. The zero-order valence-electron chi connectivity index (χ0n) is 10.6. The summed E-state index contributed by atoms with van der Waals surface area (Å²) in [6, 6.07) is -0.383. The molecule has 0 aromatic heterocycles. The van der Waals surface area contributed by atoms with Crippen molar-refractivity contribution < 1.29 is 9.59 Å². The Morgan fingerprint density at radius 1 is 1.12 bits per heavy atom. The Labute approximate surface area is 103 Å². The number of amides is 3. The van der Waals surface area contributed by atoms with Crippen molar-refractivity contribution in [2.45, 2.75) is 39.0 Å². The van der Waals surface area contributed by atoms with Crippen LogP contribution < -0.4 is 10.6 Å². The van der Waals surface area contributed by atoms with E-state index >= 15 is 0 Å². The van der Waals surface area contributed by atoms with Crippen molar-refractivity contribution in [2.75, 3.05) is 26.2 Å². The highest BCUT2D eigenvalue weighted by Gasteiger charge is 2.14. The average Bonchev–Trinajstić information content (AvgIpc) is 2.54. The van der Waals surface area contributed by atoms with E-state index in [-0.39, 0.29) is 11.9 Å². The van der Waals surface area contributed by atoms with E-state index in [1.54, 1.807) is 0 Å². The van der Waals surface area contributed by atoms with Gasteiger partial charge in [0, 0.05) is 6.54 Å². The molecule has 1 heterocycles. The fourth-order valence-electron chi connectivity index (χ4n) is 1.95. The van der Waals surface area contributed by atoms with Gasteiger partial charge in [0.25, 0.3) is 0 Å². The topological polar surface area (TPSA) is 61.4 Å². The molecule has 0 saturated carbocycles. The van der Waals surface area contributed by atoms with Gasteiger partial charge >= 0.3 is 6.03 Å². The van der Waals surface area contributed by atoms with Gasteiger partial charge in [0.2, 0.25) is 5.91 Å². The summed E-state index contributed by atoms with van der Waals surface area (Å²) in [5.41, 5.74) is 0. The lowest BCUT2D eigenvalue weighted by Gasteiger charge is -2.18. The zero-order valence-corrected chi connectivity index (χ0v) is 10.6. The van der Waals surface area contributed by atoms with Crippen LogP contribution in [0.15, 0.2) is 0 Å². The number of likely N-dealkylation sites (tertiary alicyclic amines) is 1. The van der Waals surface area contributed by atoms with E-state index < -0.39 is 0 Å². The van der Waals surface area contributed by atoms with E-state index in [0.29, 0.717) is 13.1 Å². The highest BCUT2D eigenvalue weighted by molar-refractivity contribution is 5.95. The van der Waals surface area contributed by atoms with Gasteiger partial charge in [-0.05, 0) is 32.4 Å². The van der Waals surface area contributed by atoms with Crippen LogP contribution in [0.1, 0.15) is 39.0 Å². The summed E-state index contributed by atoms with van der Waals surface area (Å²) in [5.74, 6) is -0.208. The number of carbonyl (C=O) groups is 2. The minimum atomic E-state index is -0.383. The van der Waals surface area contributed by atoms with Crippen LogP contribution in [0.3, 0.4) is 0 Å². The molecule has 1 aliphatic heterocycles. The fraction of sp³-hybridized carbons (Fsp3) is 0.833. The second kappa shape index (κ2) is 8.06. The standard InChI is InChI=1S/C12H23N3O2/c1-2-7-13-12(17)14-11(16)10-15-8-5-3-4-6-9-15/h2-10H2,1H3,(H2,13,14,16,17). The van der Waals surface area contributed by atoms with Gasteiger partial charge < -0.3 is 5.32 Å². The first-order valence-electron chi connectivity index (χ1n) is 6.52. The summed E-state index contributed by atoms with van der Waals surface area (Å²) < 4.78 is 0. The number of nitrogens with zero attached hydrogens (tertiary/aromatic N) is 1. The number of urea groups is 1. The van der Waals surface area contributed by atoms with Crippen LogP contribution in [0, 0.1) is 0 Å². The number of hydrogen-bond donors (Lipinski definition) is 2. The molecule has 0 atom stereocenters. The fourth-order valence-corrected chi connectivity index (χ4v) is 1.95. The van der Waals surface area contributed by atoms with Crippen molar-refractivity contribution in [3.05, 3.63) is 0 Å². The molecule has 17 heavy (non-hydrogen) atoms. The van der Waals surface area contributed by atoms with Crippen molar-refractivity contribution in [2.24, 2.45) is 0 Å². The average molecular weight is 241 g/mol. The number of carbonyl (C=O) groups excluding carboxylic acids is 2. The second-order valence-corrected chi connectivity index (χ2v) is 4.49. The SMILES string of the molecule is CCCNC(=O)NC(=O)CN1CCCCCC1. The molecule has 2 N–H and O–H groups in total. The Kier molecular flexibility index (Phi) is 6.62. The quantitative estimate of drug-likeness (QED) is 0.774. The normalized spacial score (nSPS) is 17.2. The highest BCUT2D eigenvalue weighted by atomic mass is 16.2. The molecule has 0 radical (unpaired) electrons.